The van der Waals surface area contributed by atoms with Crippen molar-refractivity contribution in [3.63, 3.8) is 0 Å². The van der Waals surface area contributed by atoms with E-state index >= 15 is 0 Å². The Morgan fingerprint density at radius 3 is 1.00 bits per heavy atom. The molecule has 0 saturated carbocycles. The molecule has 0 aromatic rings. The summed E-state index contributed by atoms with van der Waals surface area (Å²) in [5.74, 6) is 0. The Bertz CT molecular complexity index is 11.6. The van der Waals surface area contributed by atoms with E-state index in [-0.39, 0.29) is 107 Å². The fourth-order valence-electron chi connectivity index (χ4n) is 0. The zero-order chi connectivity index (χ0) is 0. The molecule has 28 valence electrons. The van der Waals surface area contributed by atoms with Crippen LogP contribution in [0.2, 0.25) is 0 Å². The largest absolute Gasteiger partial charge is 0.316 e. The van der Waals surface area contributed by atoms with Gasteiger partial charge in [0, 0.05) is 52.0 Å². The summed E-state index contributed by atoms with van der Waals surface area (Å²) in [6, 6.07) is 0. The second-order valence-corrected chi connectivity index (χ2v) is 0. The van der Waals surface area contributed by atoms with Gasteiger partial charge in [-0.25, -0.2) is 0 Å². The molecule has 0 radical (unpaired) electrons. The molecule has 0 rings (SSSR count). The van der Waals surface area contributed by atoms with Crippen molar-refractivity contribution in [1.29, 1.82) is 0 Å². The van der Waals surface area contributed by atoms with Gasteiger partial charge in [0.15, 0.2) is 0 Å². The molecule has 0 fully saturated rings. The Balaban J connectivity index is 0. The van der Waals surface area contributed by atoms with E-state index in [1.54, 1.807) is 0 Å². The van der Waals surface area contributed by atoms with E-state index in [1.807, 2.05) is 0 Å². The minimum atomic E-state index is 0. The maximum Gasteiger partial charge on any atom is 0.316 e. The smallest absolute Gasteiger partial charge is 0 e. The third kappa shape index (κ3) is 18.7. The summed E-state index contributed by atoms with van der Waals surface area (Å²) in [7, 11) is 0. The third-order valence-electron chi connectivity index (χ3n) is 0. The number of hydrogen-bond acceptors (Lipinski definition) is 0. The average molecular weight is 526 g/mol. The maximum atomic E-state index is 0. The summed E-state index contributed by atoms with van der Waals surface area (Å²) in [5, 5.41) is 0. The van der Waals surface area contributed by atoms with Gasteiger partial charge < -0.3 is 5.48 Å². The molecule has 0 aliphatic rings. The van der Waals surface area contributed by atoms with Crippen LogP contribution in [-0.2, 0) is 52.0 Å². The molecular formula is H7BiHfMgOZr. The third-order valence-corrected chi connectivity index (χ3v) is 0. The van der Waals surface area contributed by atoms with Gasteiger partial charge in [-0.2, -0.15) is 0 Å². The quantitative estimate of drug-likeness (QED) is 0.303. The van der Waals surface area contributed by atoms with Crippen LogP contribution in [0.3, 0.4) is 0 Å². The van der Waals surface area contributed by atoms with Crippen molar-refractivity contribution >= 4 is 49.3 Å². The van der Waals surface area contributed by atoms with Crippen LogP contribution >= 0.6 is 0 Å². The fraction of sp³-hybridized carbons (Fsp3) is 0. The van der Waals surface area contributed by atoms with E-state index < -0.39 is 0 Å². The first-order chi connectivity index (χ1) is 0. The predicted octanol–water partition coefficient (Wildman–Crippen LogP) is -2.93. The molecule has 0 spiro atoms. The van der Waals surface area contributed by atoms with E-state index in [4.69, 9.17) is 0 Å². The molecule has 5 heteroatoms. The van der Waals surface area contributed by atoms with Crippen LogP contribution in [0.25, 0.3) is 0 Å². The summed E-state index contributed by atoms with van der Waals surface area (Å²) < 4.78 is 0. The van der Waals surface area contributed by atoms with Crippen LogP contribution < -0.4 is 0 Å². The first-order valence-corrected chi connectivity index (χ1v) is 0. The monoisotopic (exact) mass is 526 g/mol. The summed E-state index contributed by atoms with van der Waals surface area (Å²) in [6.07, 6.45) is 0. The van der Waals surface area contributed by atoms with Crippen molar-refractivity contribution in [1.82, 2.24) is 0 Å². The SMILES string of the molecule is O.[BiH3].[Hf].[MgH2].[Zr]. The molecule has 0 aliphatic heterocycles. The van der Waals surface area contributed by atoms with Crippen LogP contribution in [0.4, 0.5) is 0 Å². The van der Waals surface area contributed by atoms with Gasteiger partial charge in [0.2, 0.25) is 0 Å². The van der Waals surface area contributed by atoms with Crippen molar-refractivity contribution in [2.24, 2.45) is 0 Å². The van der Waals surface area contributed by atoms with Crippen molar-refractivity contribution < 1.29 is 57.5 Å². The van der Waals surface area contributed by atoms with Crippen LogP contribution in [0, 0.1) is 0 Å². The van der Waals surface area contributed by atoms with Crippen molar-refractivity contribution in [3.8, 4) is 0 Å². The van der Waals surface area contributed by atoms with E-state index in [0.29, 0.717) is 0 Å². The van der Waals surface area contributed by atoms with Crippen LogP contribution in [0.1, 0.15) is 0 Å². The van der Waals surface area contributed by atoms with Crippen LogP contribution in [0.15, 0.2) is 0 Å². The topological polar surface area (TPSA) is 31.5 Å². The molecule has 0 amide bonds. The zero-order valence-electron chi connectivity index (χ0n) is 2.21. The standard InChI is InChI=1S/Bi.Hf.Mg.H2O.Zr.5H/h;;;1H2;;;;;;. The zero-order valence-corrected chi connectivity index (χ0v) is 13.8. The van der Waals surface area contributed by atoms with E-state index in [9.17, 15) is 0 Å². The second kappa shape index (κ2) is 26.4. The van der Waals surface area contributed by atoms with E-state index in [2.05, 4.69) is 0 Å². The molecular weight excluding hydrogens is 519 g/mol. The molecule has 0 heterocycles. The molecule has 5 heavy (non-hydrogen) atoms. The fourth-order valence-corrected chi connectivity index (χ4v) is 0. The maximum absolute atomic E-state index is 0. The predicted molar refractivity (Wildman–Crippen MR) is 22.1 cm³/mol. The van der Waals surface area contributed by atoms with Crippen molar-refractivity contribution in [2.75, 3.05) is 0 Å². The second-order valence-electron chi connectivity index (χ2n) is 0. The Kier molecular flexibility index (Phi) is 211. The van der Waals surface area contributed by atoms with Crippen molar-refractivity contribution in [2.45, 2.75) is 0 Å². The van der Waals surface area contributed by atoms with E-state index in [1.165, 1.54) is 0 Å². The summed E-state index contributed by atoms with van der Waals surface area (Å²) in [6.45, 7) is 0. The Morgan fingerprint density at radius 2 is 1.00 bits per heavy atom. The van der Waals surface area contributed by atoms with Crippen molar-refractivity contribution in [3.05, 3.63) is 0 Å². The number of hydrogen-bond donors (Lipinski definition) is 0. The number of rotatable bonds is 0. The molecule has 2 N–H and O–H groups in total. The minimum absolute atomic E-state index is 0. The average Bonchev–Trinajstić information content (AvgIpc) is 0. The molecule has 0 aromatic carbocycles. The summed E-state index contributed by atoms with van der Waals surface area (Å²) in [4.78, 5) is 0. The van der Waals surface area contributed by atoms with Gasteiger partial charge in [0.05, 0.1) is 0 Å². The van der Waals surface area contributed by atoms with Gasteiger partial charge in [-0.15, -0.1) is 0 Å². The summed E-state index contributed by atoms with van der Waals surface area (Å²) >= 11 is 0. The van der Waals surface area contributed by atoms with Gasteiger partial charge in [0.1, 0.15) is 0 Å². The molecule has 0 bridgehead atoms. The van der Waals surface area contributed by atoms with Gasteiger partial charge >= 0.3 is 49.3 Å². The molecule has 0 atom stereocenters. The molecule has 0 saturated heterocycles. The molecule has 0 unspecified atom stereocenters. The minimum Gasteiger partial charge on any atom is 0 e. The Hall–Kier alpha value is 3.36. The molecule has 1 nitrogen and oxygen atoms in total. The van der Waals surface area contributed by atoms with E-state index in [0.717, 1.165) is 0 Å². The first-order valence-electron chi connectivity index (χ1n) is 0. The van der Waals surface area contributed by atoms with Crippen LogP contribution in [-0.4, -0.2) is 54.7 Å². The Labute approximate surface area is 105 Å². The van der Waals surface area contributed by atoms with Gasteiger partial charge in [0.25, 0.3) is 0 Å². The normalized spacial score (nSPS) is 0. The van der Waals surface area contributed by atoms with Gasteiger partial charge in [-0.05, 0) is 0 Å². The van der Waals surface area contributed by atoms with Crippen LogP contribution in [0.5, 0.6) is 0 Å². The molecule has 0 aromatic heterocycles. The molecule has 0 aliphatic carbocycles. The van der Waals surface area contributed by atoms with Gasteiger partial charge in [-0.1, -0.05) is 0 Å². The Morgan fingerprint density at radius 1 is 1.00 bits per heavy atom. The van der Waals surface area contributed by atoms with Gasteiger partial charge in [-0.3, -0.25) is 0 Å². The first kappa shape index (κ1) is 40.1. The summed E-state index contributed by atoms with van der Waals surface area (Å²) in [5.41, 5.74) is 0.